The molecule has 3 aromatic rings. The molecule has 0 aliphatic carbocycles. The third kappa shape index (κ3) is 5.46. The number of ether oxygens (including phenoxy) is 2. The molecule has 1 heterocycles. The van der Waals surface area contributed by atoms with Gasteiger partial charge in [0.1, 0.15) is 5.82 Å². The highest BCUT2D eigenvalue weighted by Crippen LogP contribution is 2.28. The number of amides is 1. The van der Waals surface area contributed by atoms with Gasteiger partial charge in [0, 0.05) is 41.8 Å². The van der Waals surface area contributed by atoms with Crippen LogP contribution in [0.4, 0.5) is 23.1 Å². The highest BCUT2D eigenvalue weighted by Gasteiger charge is 2.12. The molecule has 0 aliphatic heterocycles. The fourth-order valence-electron chi connectivity index (χ4n) is 3.26. The maximum Gasteiger partial charge on any atom is 0.255 e. The molecule has 168 valence electrons. The van der Waals surface area contributed by atoms with Crippen LogP contribution < -0.4 is 25.0 Å². The van der Waals surface area contributed by atoms with Crippen LogP contribution in [0.25, 0.3) is 0 Å². The second-order valence-corrected chi connectivity index (χ2v) is 7.09. The van der Waals surface area contributed by atoms with E-state index >= 15 is 0 Å². The second kappa shape index (κ2) is 10.5. The summed E-state index contributed by atoms with van der Waals surface area (Å²) in [5.74, 6) is 2.26. The largest absolute Gasteiger partial charge is 0.493 e. The Morgan fingerprint density at radius 1 is 0.906 bits per heavy atom. The molecule has 1 amide bonds. The SMILES string of the molecule is CCN(CC)c1cc(C)nc(Nc2ccc(NC(=O)c3ccc(OC)c(OC)c3)cc2)n1. The molecule has 0 saturated heterocycles. The molecule has 0 bridgehead atoms. The molecule has 32 heavy (non-hydrogen) atoms. The van der Waals surface area contributed by atoms with E-state index in [1.807, 2.05) is 37.3 Å². The van der Waals surface area contributed by atoms with Gasteiger partial charge in [0.05, 0.1) is 14.2 Å². The van der Waals surface area contributed by atoms with Crippen molar-refractivity contribution in [2.75, 3.05) is 42.8 Å². The van der Waals surface area contributed by atoms with E-state index in [0.717, 1.165) is 30.3 Å². The number of aromatic nitrogens is 2. The van der Waals surface area contributed by atoms with Crippen LogP contribution in [-0.4, -0.2) is 43.2 Å². The lowest BCUT2D eigenvalue weighted by molar-refractivity contribution is 0.102. The normalized spacial score (nSPS) is 10.4. The summed E-state index contributed by atoms with van der Waals surface area (Å²) < 4.78 is 10.5. The van der Waals surface area contributed by atoms with Gasteiger partial charge in [0.15, 0.2) is 11.5 Å². The molecule has 0 saturated carbocycles. The standard InChI is InChI=1S/C24H29N5O3/c1-6-29(7-2)22-14-16(3)25-24(28-22)27-19-11-9-18(10-12-19)26-23(30)17-8-13-20(31-4)21(15-17)32-5/h8-15H,6-7H2,1-5H3,(H,26,30)(H,25,27,28). The van der Waals surface area contributed by atoms with E-state index in [0.29, 0.717) is 28.7 Å². The molecule has 1 aromatic heterocycles. The van der Waals surface area contributed by atoms with Gasteiger partial charge in [0.2, 0.25) is 5.95 Å². The van der Waals surface area contributed by atoms with Crippen LogP contribution in [0.2, 0.25) is 0 Å². The van der Waals surface area contributed by atoms with Crippen LogP contribution in [-0.2, 0) is 0 Å². The number of rotatable bonds is 9. The Kier molecular flexibility index (Phi) is 7.49. The number of hydrogen-bond donors (Lipinski definition) is 2. The predicted molar refractivity (Wildman–Crippen MR) is 128 cm³/mol. The number of hydrogen-bond acceptors (Lipinski definition) is 7. The van der Waals surface area contributed by atoms with E-state index in [4.69, 9.17) is 9.47 Å². The minimum absolute atomic E-state index is 0.238. The summed E-state index contributed by atoms with van der Waals surface area (Å²) in [6.45, 7) is 7.90. The van der Waals surface area contributed by atoms with E-state index in [1.54, 1.807) is 25.3 Å². The molecule has 0 atom stereocenters. The fraction of sp³-hybridized carbons (Fsp3) is 0.292. The zero-order valence-corrected chi connectivity index (χ0v) is 19.1. The zero-order chi connectivity index (χ0) is 23.1. The molecule has 0 aliphatic rings. The van der Waals surface area contributed by atoms with Crippen LogP contribution >= 0.6 is 0 Å². The van der Waals surface area contributed by atoms with Crippen molar-refractivity contribution < 1.29 is 14.3 Å². The number of methoxy groups -OCH3 is 2. The van der Waals surface area contributed by atoms with Gasteiger partial charge in [-0.2, -0.15) is 4.98 Å². The Morgan fingerprint density at radius 2 is 1.56 bits per heavy atom. The summed E-state index contributed by atoms with van der Waals surface area (Å²) in [6.07, 6.45) is 0. The van der Waals surface area contributed by atoms with Crippen LogP contribution in [0.1, 0.15) is 29.9 Å². The number of carbonyl (C=O) groups is 1. The van der Waals surface area contributed by atoms with Gasteiger partial charge < -0.3 is 25.0 Å². The summed E-state index contributed by atoms with van der Waals surface area (Å²) in [4.78, 5) is 23.9. The van der Waals surface area contributed by atoms with Gasteiger partial charge in [-0.3, -0.25) is 4.79 Å². The number of benzene rings is 2. The number of aryl methyl sites for hydroxylation is 1. The van der Waals surface area contributed by atoms with Crippen LogP contribution in [0.15, 0.2) is 48.5 Å². The van der Waals surface area contributed by atoms with Gasteiger partial charge in [-0.15, -0.1) is 0 Å². The van der Waals surface area contributed by atoms with E-state index in [2.05, 4.69) is 39.3 Å². The van der Waals surface area contributed by atoms with E-state index < -0.39 is 0 Å². The molecule has 8 heteroatoms. The molecular weight excluding hydrogens is 406 g/mol. The van der Waals surface area contributed by atoms with Gasteiger partial charge in [-0.25, -0.2) is 4.98 Å². The summed E-state index contributed by atoms with van der Waals surface area (Å²) in [5.41, 5.74) is 2.86. The predicted octanol–water partition coefficient (Wildman–Crippen LogP) is 4.64. The Balaban J connectivity index is 1.70. The van der Waals surface area contributed by atoms with Gasteiger partial charge in [0.25, 0.3) is 5.91 Å². The lowest BCUT2D eigenvalue weighted by atomic mass is 10.1. The first kappa shape index (κ1) is 22.9. The summed E-state index contributed by atoms with van der Waals surface area (Å²) in [7, 11) is 3.09. The van der Waals surface area contributed by atoms with Crippen molar-refractivity contribution in [1.82, 2.24) is 9.97 Å². The van der Waals surface area contributed by atoms with E-state index in [9.17, 15) is 4.79 Å². The topological polar surface area (TPSA) is 88.6 Å². The molecule has 0 spiro atoms. The molecule has 0 unspecified atom stereocenters. The highest BCUT2D eigenvalue weighted by atomic mass is 16.5. The molecule has 8 nitrogen and oxygen atoms in total. The van der Waals surface area contributed by atoms with E-state index in [-0.39, 0.29) is 5.91 Å². The average molecular weight is 436 g/mol. The first-order valence-corrected chi connectivity index (χ1v) is 10.5. The van der Waals surface area contributed by atoms with Crippen molar-refractivity contribution in [3.8, 4) is 11.5 Å². The monoisotopic (exact) mass is 435 g/mol. The molecule has 3 rings (SSSR count). The third-order valence-corrected chi connectivity index (χ3v) is 4.97. The van der Waals surface area contributed by atoms with Crippen molar-refractivity contribution in [2.45, 2.75) is 20.8 Å². The first-order chi connectivity index (χ1) is 15.5. The first-order valence-electron chi connectivity index (χ1n) is 10.5. The third-order valence-electron chi connectivity index (χ3n) is 4.97. The maximum absolute atomic E-state index is 12.6. The molecular formula is C24H29N5O3. The molecule has 2 N–H and O–H groups in total. The lowest BCUT2D eigenvalue weighted by Crippen LogP contribution is -2.23. The summed E-state index contributed by atoms with van der Waals surface area (Å²) in [6, 6.07) is 14.4. The van der Waals surface area contributed by atoms with E-state index in [1.165, 1.54) is 7.11 Å². The Bertz CT molecular complexity index is 1070. The smallest absolute Gasteiger partial charge is 0.255 e. The number of nitrogens with one attached hydrogen (secondary N) is 2. The number of carbonyl (C=O) groups excluding carboxylic acids is 1. The molecule has 0 fully saturated rings. The second-order valence-electron chi connectivity index (χ2n) is 7.09. The van der Waals surface area contributed by atoms with Crippen molar-refractivity contribution in [3.63, 3.8) is 0 Å². The van der Waals surface area contributed by atoms with Gasteiger partial charge in [-0.05, 0) is 63.2 Å². The lowest BCUT2D eigenvalue weighted by Gasteiger charge is -2.20. The Labute approximate surface area is 188 Å². The zero-order valence-electron chi connectivity index (χ0n) is 19.1. The molecule has 0 radical (unpaired) electrons. The van der Waals surface area contributed by atoms with Crippen molar-refractivity contribution >= 4 is 29.0 Å². The quantitative estimate of drug-likeness (QED) is 0.506. The average Bonchev–Trinajstić information content (AvgIpc) is 2.80. The fourth-order valence-corrected chi connectivity index (χ4v) is 3.26. The van der Waals surface area contributed by atoms with Gasteiger partial charge >= 0.3 is 0 Å². The van der Waals surface area contributed by atoms with Crippen LogP contribution in [0.3, 0.4) is 0 Å². The summed E-state index contributed by atoms with van der Waals surface area (Å²) in [5, 5.41) is 6.12. The minimum Gasteiger partial charge on any atom is -0.493 e. The Morgan fingerprint density at radius 3 is 2.19 bits per heavy atom. The maximum atomic E-state index is 12.6. The Hall–Kier alpha value is -3.81. The van der Waals surface area contributed by atoms with Crippen LogP contribution in [0.5, 0.6) is 11.5 Å². The highest BCUT2D eigenvalue weighted by molar-refractivity contribution is 6.04. The number of nitrogens with zero attached hydrogens (tertiary/aromatic N) is 3. The van der Waals surface area contributed by atoms with Crippen molar-refractivity contribution in [2.24, 2.45) is 0 Å². The van der Waals surface area contributed by atoms with Crippen molar-refractivity contribution in [1.29, 1.82) is 0 Å². The van der Waals surface area contributed by atoms with Crippen LogP contribution in [0, 0.1) is 6.92 Å². The van der Waals surface area contributed by atoms with Gasteiger partial charge in [-0.1, -0.05) is 0 Å². The molecule has 2 aromatic carbocycles. The number of anilines is 4. The summed E-state index contributed by atoms with van der Waals surface area (Å²) >= 11 is 0. The minimum atomic E-state index is -0.238. The van der Waals surface area contributed by atoms with Crippen molar-refractivity contribution in [3.05, 3.63) is 59.8 Å².